The zero-order valence-corrected chi connectivity index (χ0v) is 10.7. The number of rotatable bonds is 1. The molecule has 0 radical (unpaired) electrons. The van der Waals surface area contributed by atoms with E-state index in [1.807, 2.05) is 0 Å². The van der Waals surface area contributed by atoms with E-state index in [0.29, 0.717) is 22.7 Å². The van der Waals surface area contributed by atoms with E-state index in [1.165, 1.54) is 12.1 Å². The van der Waals surface area contributed by atoms with Crippen molar-refractivity contribution in [2.24, 2.45) is 0 Å². The number of aromatic nitrogens is 3. The van der Waals surface area contributed by atoms with Crippen LogP contribution in [0.5, 0.6) is 0 Å². The van der Waals surface area contributed by atoms with Crippen LogP contribution in [0.1, 0.15) is 0 Å². The molecular weight excluding hydrogens is 299 g/mol. The van der Waals surface area contributed by atoms with Crippen LogP contribution in [0.25, 0.3) is 17.0 Å². The first-order chi connectivity index (χ1) is 8.65. The second-order valence-electron chi connectivity index (χ2n) is 3.85. The fourth-order valence-corrected chi connectivity index (χ4v) is 2.33. The Morgan fingerprint density at radius 1 is 1.22 bits per heavy atom. The van der Waals surface area contributed by atoms with E-state index in [-0.39, 0.29) is 5.82 Å². The molecule has 3 rings (SSSR count). The van der Waals surface area contributed by atoms with Crippen molar-refractivity contribution < 1.29 is 4.39 Å². The van der Waals surface area contributed by atoms with Gasteiger partial charge in [0, 0.05) is 17.4 Å². The second-order valence-corrected chi connectivity index (χ2v) is 4.70. The summed E-state index contributed by atoms with van der Waals surface area (Å²) in [6.45, 7) is 0. The van der Waals surface area contributed by atoms with Crippen molar-refractivity contribution in [2.75, 3.05) is 5.73 Å². The van der Waals surface area contributed by atoms with Crippen molar-refractivity contribution in [1.82, 2.24) is 14.6 Å². The molecule has 0 unspecified atom stereocenters. The normalized spacial score (nSPS) is 11.0. The molecule has 0 spiro atoms. The minimum atomic E-state index is -0.313. The van der Waals surface area contributed by atoms with Crippen molar-refractivity contribution in [2.45, 2.75) is 0 Å². The van der Waals surface area contributed by atoms with Crippen molar-refractivity contribution in [3.63, 3.8) is 0 Å². The maximum Gasteiger partial charge on any atom is 0.175 e. The predicted molar refractivity (Wildman–Crippen MR) is 70.5 cm³/mol. The SMILES string of the molecule is Nc1cc(Br)c2nnc(-c3cccc(F)c3)n2c1. The Balaban J connectivity index is 2.30. The highest BCUT2D eigenvalue weighted by atomic mass is 79.9. The van der Waals surface area contributed by atoms with E-state index in [2.05, 4.69) is 26.1 Å². The summed E-state index contributed by atoms with van der Waals surface area (Å²) < 4.78 is 15.7. The Morgan fingerprint density at radius 3 is 2.83 bits per heavy atom. The summed E-state index contributed by atoms with van der Waals surface area (Å²) in [5, 5.41) is 8.12. The van der Waals surface area contributed by atoms with Gasteiger partial charge in [0.2, 0.25) is 0 Å². The lowest BCUT2D eigenvalue weighted by atomic mass is 10.2. The summed E-state index contributed by atoms with van der Waals surface area (Å²) in [7, 11) is 0. The third-order valence-electron chi connectivity index (χ3n) is 2.56. The molecule has 4 nitrogen and oxygen atoms in total. The maximum atomic E-state index is 13.2. The highest BCUT2D eigenvalue weighted by Gasteiger charge is 2.11. The van der Waals surface area contributed by atoms with E-state index in [1.54, 1.807) is 28.8 Å². The molecule has 3 aromatic rings. The number of fused-ring (bicyclic) bond motifs is 1. The number of halogens is 2. The van der Waals surface area contributed by atoms with E-state index in [4.69, 9.17) is 5.73 Å². The molecule has 1 aromatic carbocycles. The minimum absolute atomic E-state index is 0.313. The van der Waals surface area contributed by atoms with E-state index in [0.717, 1.165) is 4.47 Å². The zero-order valence-electron chi connectivity index (χ0n) is 9.14. The van der Waals surface area contributed by atoms with Crippen LogP contribution in [0.2, 0.25) is 0 Å². The topological polar surface area (TPSA) is 56.2 Å². The number of benzene rings is 1. The minimum Gasteiger partial charge on any atom is -0.397 e. The van der Waals surface area contributed by atoms with Crippen LogP contribution in [0, 0.1) is 5.82 Å². The fourth-order valence-electron chi connectivity index (χ4n) is 1.80. The molecule has 90 valence electrons. The number of pyridine rings is 1. The smallest absolute Gasteiger partial charge is 0.175 e. The number of nitrogens with zero attached hydrogens (tertiary/aromatic N) is 3. The third-order valence-corrected chi connectivity index (χ3v) is 3.15. The Kier molecular flexibility index (Phi) is 2.52. The molecule has 0 fully saturated rings. The summed E-state index contributed by atoms with van der Waals surface area (Å²) in [6, 6.07) is 7.95. The summed E-state index contributed by atoms with van der Waals surface area (Å²) in [5.41, 5.74) is 7.65. The molecule has 0 saturated heterocycles. The van der Waals surface area contributed by atoms with Gasteiger partial charge in [0.1, 0.15) is 5.82 Å². The van der Waals surface area contributed by atoms with Gasteiger partial charge in [-0.3, -0.25) is 4.40 Å². The van der Waals surface area contributed by atoms with Gasteiger partial charge in [-0.05, 0) is 34.1 Å². The zero-order chi connectivity index (χ0) is 12.7. The molecule has 0 saturated carbocycles. The molecular formula is C12H8BrFN4. The number of hydrogen-bond donors (Lipinski definition) is 1. The molecule has 0 aliphatic rings. The van der Waals surface area contributed by atoms with Crippen molar-refractivity contribution in [3.8, 4) is 11.4 Å². The molecule has 0 amide bonds. The molecule has 6 heteroatoms. The van der Waals surface area contributed by atoms with E-state index >= 15 is 0 Å². The van der Waals surface area contributed by atoms with Gasteiger partial charge in [0.15, 0.2) is 11.5 Å². The van der Waals surface area contributed by atoms with Crippen LogP contribution in [-0.2, 0) is 0 Å². The summed E-state index contributed by atoms with van der Waals surface area (Å²) in [5.74, 6) is 0.240. The quantitative estimate of drug-likeness (QED) is 0.752. The number of anilines is 1. The van der Waals surface area contributed by atoms with Crippen LogP contribution in [0.4, 0.5) is 10.1 Å². The Hall–Kier alpha value is -1.95. The summed E-state index contributed by atoms with van der Waals surface area (Å²) in [6.07, 6.45) is 1.71. The van der Waals surface area contributed by atoms with Crippen LogP contribution in [0.3, 0.4) is 0 Å². The van der Waals surface area contributed by atoms with Gasteiger partial charge in [-0.15, -0.1) is 10.2 Å². The number of hydrogen-bond acceptors (Lipinski definition) is 3. The van der Waals surface area contributed by atoms with Gasteiger partial charge in [0.05, 0.1) is 4.47 Å². The molecule has 2 N–H and O–H groups in total. The number of nitrogen functional groups attached to an aromatic ring is 1. The molecule has 0 aliphatic carbocycles. The summed E-state index contributed by atoms with van der Waals surface area (Å²) >= 11 is 3.37. The third kappa shape index (κ3) is 1.74. The van der Waals surface area contributed by atoms with Crippen LogP contribution >= 0.6 is 15.9 Å². The van der Waals surface area contributed by atoms with Gasteiger partial charge in [-0.25, -0.2) is 4.39 Å². The molecule has 0 atom stereocenters. The maximum absolute atomic E-state index is 13.2. The lowest BCUT2D eigenvalue weighted by molar-refractivity contribution is 0.628. The second kappa shape index (κ2) is 4.06. The highest BCUT2D eigenvalue weighted by Crippen LogP contribution is 2.25. The molecule has 2 heterocycles. The first-order valence-corrected chi connectivity index (χ1v) is 6.00. The average Bonchev–Trinajstić information content (AvgIpc) is 2.72. The lowest BCUT2D eigenvalue weighted by Crippen LogP contribution is -1.94. The lowest BCUT2D eigenvalue weighted by Gasteiger charge is -2.02. The van der Waals surface area contributed by atoms with Crippen LogP contribution < -0.4 is 5.73 Å². The van der Waals surface area contributed by atoms with Crippen molar-refractivity contribution in [3.05, 3.63) is 46.8 Å². The highest BCUT2D eigenvalue weighted by molar-refractivity contribution is 9.10. The molecule has 0 bridgehead atoms. The Morgan fingerprint density at radius 2 is 2.06 bits per heavy atom. The van der Waals surface area contributed by atoms with Gasteiger partial charge in [0.25, 0.3) is 0 Å². The standard InChI is InChI=1S/C12H8BrFN4/c13-10-5-9(15)6-18-11(16-17-12(10)18)7-2-1-3-8(14)4-7/h1-6H,15H2. The van der Waals surface area contributed by atoms with Crippen LogP contribution in [0.15, 0.2) is 41.0 Å². The Bertz CT molecular complexity index is 738. The van der Waals surface area contributed by atoms with Crippen molar-refractivity contribution >= 4 is 27.3 Å². The largest absolute Gasteiger partial charge is 0.397 e. The molecule has 18 heavy (non-hydrogen) atoms. The van der Waals surface area contributed by atoms with Gasteiger partial charge < -0.3 is 5.73 Å². The molecule has 0 aliphatic heterocycles. The first kappa shape index (κ1) is 11.2. The number of nitrogens with two attached hydrogens (primary N) is 1. The monoisotopic (exact) mass is 306 g/mol. The Labute approximate surface area is 110 Å². The first-order valence-electron chi connectivity index (χ1n) is 5.21. The van der Waals surface area contributed by atoms with Gasteiger partial charge >= 0.3 is 0 Å². The summed E-state index contributed by atoms with van der Waals surface area (Å²) in [4.78, 5) is 0. The molecule has 2 aromatic heterocycles. The van der Waals surface area contributed by atoms with Gasteiger partial charge in [-0.2, -0.15) is 0 Å². The van der Waals surface area contributed by atoms with Gasteiger partial charge in [-0.1, -0.05) is 12.1 Å². The van der Waals surface area contributed by atoms with Crippen LogP contribution in [-0.4, -0.2) is 14.6 Å². The fraction of sp³-hybridized carbons (Fsp3) is 0. The van der Waals surface area contributed by atoms with E-state index in [9.17, 15) is 4.39 Å². The van der Waals surface area contributed by atoms with E-state index < -0.39 is 0 Å². The predicted octanol–water partition coefficient (Wildman–Crippen LogP) is 2.88. The van der Waals surface area contributed by atoms with Crippen molar-refractivity contribution in [1.29, 1.82) is 0 Å². The average molecular weight is 307 g/mol.